The number of benzene rings is 2. The molecular formula is C29H39ClN4O2. The van der Waals surface area contributed by atoms with Crippen molar-refractivity contribution in [3.63, 3.8) is 0 Å². The molecule has 1 heterocycles. The predicted molar refractivity (Wildman–Crippen MR) is 150 cm³/mol. The van der Waals surface area contributed by atoms with Crippen molar-refractivity contribution in [2.45, 2.75) is 46.7 Å². The third kappa shape index (κ3) is 6.61. The second-order valence-corrected chi connectivity index (χ2v) is 10.8. The van der Waals surface area contributed by atoms with Gasteiger partial charge in [0.2, 0.25) is 11.8 Å². The first-order valence-corrected chi connectivity index (χ1v) is 13.0. The number of para-hydroxylation sites is 1. The summed E-state index contributed by atoms with van der Waals surface area (Å²) in [5.41, 5.74) is 3.69. The number of nitrogens with zero attached hydrogens (tertiary/aromatic N) is 3. The lowest BCUT2D eigenvalue weighted by molar-refractivity contribution is -0.147. The van der Waals surface area contributed by atoms with Crippen molar-refractivity contribution in [2.75, 3.05) is 38.0 Å². The minimum atomic E-state index is -0.733. The molecule has 0 unspecified atom stereocenters. The fourth-order valence-electron chi connectivity index (χ4n) is 4.19. The van der Waals surface area contributed by atoms with Gasteiger partial charge in [0.15, 0.2) is 0 Å². The minimum Gasteiger partial charge on any atom is -0.378 e. The highest BCUT2D eigenvalue weighted by molar-refractivity contribution is 6.19. The van der Waals surface area contributed by atoms with E-state index in [1.165, 1.54) is 10.9 Å². The smallest absolute Gasteiger partial charge is 0.242 e. The molecule has 1 N–H and O–H groups in total. The van der Waals surface area contributed by atoms with Crippen molar-refractivity contribution in [3.05, 3.63) is 65.9 Å². The van der Waals surface area contributed by atoms with Gasteiger partial charge in [-0.1, -0.05) is 30.3 Å². The molecule has 7 heteroatoms. The molecule has 6 nitrogen and oxygen atoms in total. The Labute approximate surface area is 220 Å². The number of anilines is 1. The average molecular weight is 511 g/mol. The molecule has 0 radical (unpaired) electrons. The van der Waals surface area contributed by atoms with Gasteiger partial charge in [0.05, 0.1) is 5.41 Å². The zero-order chi connectivity index (χ0) is 26.5. The van der Waals surface area contributed by atoms with E-state index >= 15 is 0 Å². The van der Waals surface area contributed by atoms with Crippen molar-refractivity contribution < 1.29 is 9.59 Å². The minimum absolute atomic E-state index is 0.0283. The molecule has 0 saturated heterocycles. The number of hydrogen-bond donors (Lipinski definition) is 1. The number of H-pyrrole nitrogens is 1. The van der Waals surface area contributed by atoms with Gasteiger partial charge in [-0.3, -0.25) is 9.59 Å². The fourth-order valence-corrected chi connectivity index (χ4v) is 4.30. The van der Waals surface area contributed by atoms with E-state index in [4.69, 9.17) is 11.6 Å². The highest BCUT2D eigenvalue weighted by atomic mass is 35.5. The first kappa shape index (κ1) is 27.6. The lowest BCUT2D eigenvalue weighted by Gasteiger charge is -2.35. The van der Waals surface area contributed by atoms with Crippen molar-refractivity contribution in [1.29, 1.82) is 0 Å². The molecule has 0 bridgehead atoms. The maximum absolute atomic E-state index is 13.7. The number of amides is 2. The summed E-state index contributed by atoms with van der Waals surface area (Å²) in [6, 6.07) is 16.3. The van der Waals surface area contributed by atoms with E-state index in [2.05, 4.69) is 46.3 Å². The van der Waals surface area contributed by atoms with Crippen LogP contribution in [0.25, 0.3) is 10.9 Å². The molecule has 194 valence electrons. The van der Waals surface area contributed by atoms with Gasteiger partial charge >= 0.3 is 0 Å². The Morgan fingerprint density at radius 3 is 2.31 bits per heavy atom. The lowest BCUT2D eigenvalue weighted by Crippen LogP contribution is -2.50. The standard InChI is InChI=1S/C29H39ClN4O2/c1-21(2)34(28(36)29(3,4)20-30)19-27(35)33(18-22-11-13-24(14-12-22)32(5)6)16-15-23-17-31-26-10-8-7-9-25(23)26/h7-14,17,21,31H,15-16,18-20H2,1-6H3. The normalized spacial score (nSPS) is 11.7. The Balaban J connectivity index is 1.83. The summed E-state index contributed by atoms with van der Waals surface area (Å²) < 4.78 is 0. The first-order valence-electron chi connectivity index (χ1n) is 12.5. The number of carbonyl (C=O) groups excluding carboxylic acids is 2. The molecule has 2 amide bonds. The zero-order valence-corrected chi connectivity index (χ0v) is 23.1. The molecule has 3 aromatic rings. The van der Waals surface area contributed by atoms with Crippen LogP contribution in [-0.4, -0.2) is 65.7 Å². The van der Waals surface area contributed by atoms with Crippen LogP contribution in [0.1, 0.15) is 38.8 Å². The second kappa shape index (κ2) is 11.8. The van der Waals surface area contributed by atoms with Crippen molar-refractivity contribution in [2.24, 2.45) is 5.41 Å². The fraction of sp³-hybridized carbons (Fsp3) is 0.448. The van der Waals surface area contributed by atoms with E-state index in [1.807, 2.05) is 65.0 Å². The molecule has 0 atom stereocenters. The molecule has 0 spiro atoms. The second-order valence-electron chi connectivity index (χ2n) is 10.5. The quantitative estimate of drug-likeness (QED) is 0.356. The molecule has 36 heavy (non-hydrogen) atoms. The zero-order valence-electron chi connectivity index (χ0n) is 22.3. The van der Waals surface area contributed by atoms with E-state index in [1.54, 1.807) is 4.90 Å². The van der Waals surface area contributed by atoms with Gasteiger partial charge in [-0.2, -0.15) is 0 Å². The van der Waals surface area contributed by atoms with Gasteiger partial charge < -0.3 is 19.7 Å². The van der Waals surface area contributed by atoms with Crippen LogP contribution in [0.5, 0.6) is 0 Å². The molecule has 1 aromatic heterocycles. The number of rotatable bonds is 11. The topological polar surface area (TPSA) is 59.7 Å². The summed E-state index contributed by atoms with van der Waals surface area (Å²) in [6.45, 7) is 8.58. The summed E-state index contributed by atoms with van der Waals surface area (Å²) in [5.74, 6) is 0.0258. The lowest BCUT2D eigenvalue weighted by atomic mass is 9.93. The van der Waals surface area contributed by atoms with E-state index in [0.717, 1.165) is 16.8 Å². The van der Waals surface area contributed by atoms with Gasteiger partial charge in [-0.15, -0.1) is 11.6 Å². The van der Waals surface area contributed by atoms with Crippen LogP contribution < -0.4 is 4.90 Å². The van der Waals surface area contributed by atoms with Gasteiger partial charge in [0.1, 0.15) is 6.54 Å². The predicted octanol–water partition coefficient (Wildman–Crippen LogP) is 5.31. The highest BCUT2D eigenvalue weighted by Crippen LogP contribution is 2.23. The molecule has 0 saturated carbocycles. The summed E-state index contributed by atoms with van der Waals surface area (Å²) >= 11 is 6.08. The number of nitrogens with one attached hydrogen (secondary N) is 1. The maximum atomic E-state index is 13.7. The number of aromatic amines is 1. The van der Waals surface area contributed by atoms with E-state index < -0.39 is 5.41 Å². The van der Waals surface area contributed by atoms with Crippen LogP contribution in [0.4, 0.5) is 5.69 Å². The number of alkyl halides is 1. The van der Waals surface area contributed by atoms with Crippen LogP contribution in [0.3, 0.4) is 0 Å². The van der Waals surface area contributed by atoms with E-state index in [-0.39, 0.29) is 30.3 Å². The third-order valence-corrected chi connectivity index (χ3v) is 7.28. The third-order valence-electron chi connectivity index (χ3n) is 6.61. The molecule has 0 aliphatic heterocycles. The Bertz CT molecular complexity index is 1170. The van der Waals surface area contributed by atoms with Gasteiger partial charge in [0, 0.05) is 61.9 Å². The Hall–Kier alpha value is -2.99. The summed E-state index contributed by atoms with van der Waals surface area (Å²) in [6.07, 6.45) is 2.74. The molecule has 0 aliphatic rings. The summed E-state index contributed by atoms with van der Waals surface area (Å²) in [4.78, 5) is 35.8. The van der Waals surface area contributed by atoms with Gasteiger partial charge in [0.25, 0.3) is 0 Å². The van der Waals surface area contributed by atoms with Crippen molar-refractivity contribution >= 4 is 40.0 Å². The number of halogens is 1. The Kier molecular flexibility index (Phi) is 9.07. The summed E-state index contributed by atoms with van der Waals surface area (Å²) in [5, 5.41) is 1.17. The number of fused-ring (bicyclic) bond motifs is 1. The maximum Gasteiger partial charge on any atom is 0.242 e. The van der Waals surface area contributed by atoms with Crippen LogP contribution >= 0.6 is 11.6 Å². The number of hydrogen-bond acceptors (Lipinski definition) is 3. The SMILES string of the molecule is CC(C)N(CC(=O)N(CCc1c[nH]c2ccccc12)Cc1ccc(N(C)C)cc1)C(=O)C(C)(C)CCl. The van der Waals surface area contributed by atoms with Crippen LogP contribution in [0.2, 0.25) is 0 Å². The largest absolute Gasteiger partial charge is 0.378 e. The van der Waals surface area contributed by atoms with Crippen LogP contribution in [0, 0.1) is 5.41 Å². The van der Waals surface area contributed by atoms with E-state index in [9.17, 15) is 9.59 Å². The van der Waals surface area contributed by atoms with Crippen LogP contribution in [-0.2, 0) is 22.6 Å². The number of carbonyl (C=O) groups is 2. The Morgan fingerprint density at radius 2 is 1.69 bits per heavy atom. The van der Waals surface area contributed by atoms with Crippen molar-refractivity contribution in [1.82, 2.24) is 14.8 Å². The van der Waals surface area contributed by atoms with Gasteiger partial charge in [-0.25, -0.2) is 0 Å². The van der Waals surface area contributed by atoms with Crippen LogP contribution in [0.15, 0.2) is 54.7 Å². The molecule has 3 rings (SSSR count). The van der Waals surface area contributed by atoms with E-state index in [0.29, 0.717) is 19.5 Å². The Morgan fingerprint density at radius 1 is 1.03 bits per heavy atom. The molecule has 0 fully saturated rings. The highest BCUT2D eigenvalue weighted by Gasteiger charge is 2.34. The molecular weight excluding hydrogens is 472 g/mol. The monoisotopic (exact) mass is 510 g/mol. The first-order chi connectivity index (χ1) is 17.0. The molecule has 2 aromatic carbocycles. The van der Waals surface area contributed by atoms with Gasteiger partial charge in [-0.05, 0) is 63.4 Å². The van der Waals surface area contributed by atoms with Crippen molar-refractivity contribution in [3.8, 4) is 0 Å². The molecule has 0 aliphatic carbocycles. The summed E-state index contributed by atoms with van der Waals surface area (Å²) in [7, 11) is 4.01. The average Bonchev–Trinajstić information content (AvgIpc) is 3.27. The number of aromatic nitrogens is 1.